The minimum absolute atomic E-state index is 0.143. The highest BCUT2D eigenvalue weighted by molar-refractivity contribution is 5.37. The molecule has 1 aliphatic carbocycles. The quantitative estimate of drug-likeness (QED) is 0.900. The Labute approximate surface area is 124 Å². The van der Waals surface area contributed by atoms with Crippen molar-refractivity contribution in [3.8, 4) is 5.75 Å². The summed E-state index contributed by atoms with van der Waals surface area (Å²) in [7, 11) is 0. The molecule has 1 heterocycles. The third-order valence-corrected chi connectivity index (χ3v) is 4.76. The highest BCUT2D eigenvalue weighted by Gasteiger charge is 2.35. The first kappa shape index (κ1) is 14.7. The smallest absolute Gasteiger partial charge is 0.134 e. The zero-order valence-electron chi connectivity index (χ0n) is 12.1. The second kappa shape index (κ2) is 6.28. The SMILES string of the molecule is Oc1cc(F)cc(F)c1[C@H](C1CCCC1)N1CCNCC1. The van der Waals surface area contributed by atoms with Gasteiger partial charge in [-0.2, -0.15) is 0 Å². The highest BCUT2D eigenvalue weighted by Crippen LogP contribution is 2.43. The molecule has 2 aliphatic rings. The zero-order chi connectivity index (χ0) is 14.8. The lowest BCUT2D eigenvalue weighted by Gasteiger charge is -2.39. The molecular weight excluding hydrogens is 274 g/mol. The van der Waals surface area contributed by atoms with Crippen molar-refractivity contribution in [2.24, 2.45) is 5.92 Å². The average molecular weight is 296 g/mol. The molecule has 1 atom stereocenters. The van der Waals surface area contributed by atoms with Crippen LogP contribution in [0.5, 0.6) is 5.75 Å². The number of phenolic OH excluding ortho intramolecular Hbond substituents is 1. The number of hydrogen-bond acceptors (Lipinski definition) is 3. The van der Waals surface area contributed by atoms with Crippen molar-refractivity contribution in [1.82, 2.24) is 10.2 Å². The first-order chi connectivity index (χ1) is 10.2. The molecule has 0 spiro atoms. The first-order valence-electron chi connectivity index (χ1n) is 7.79. The number of benzene rings is 1. The van der Waals surface area contributed by atoms with Crippen molar-refractivity contribution in [1.29, 1.82) is 0 Å². The topological polar surface area (TPSA) is 35.5 Å². The minimum atomic E-state index is -0.723. The minimum Gasteiger partial charge on any atom is -0.507 e. The highest BCUT2D eigenvalue weighted by atomic mass is 19.1. The maximum absolute atomic E-state index is 14.3. The molecule has 0 radical (unpaired) electrons. The lowest BCUT2D eigenvalue weighted by atomic mass is 9.88. The van der Waals surface area contributed by atoms with E-state index in [1.54, 1.807) is 0 Å². The van der Waals surface area contributed by atoms with Crippen LogP contribution < -0.4 is 5.32 Å². The summed E-state index contributed by atoms with van der Waals surface area (Å²) in [5.41, 5.74) is 0.283. The van der Waals surface area contributed by atoms with Gasteiger partial charge in [-0.25, -0.2) is 8.78 Å². The second-order valence-corrected chi connectivity index (χ2v) is 6.10. The number of aromatic hydroxyl groups is 1. The number of nitrogens with zero attached hydrogens (tertiary/aromatic N) is 1. The van der Waals surface area contributed by atoms with Gasteiger partial charge in [-0.05, 0) is 18.8 Å². The van der Waals surface area contributed by atoms with Crippen LogP contribution in [0, 0.1) is 17.6 Å². The van der Waals surface area contributed by atoms with Gasteiger partial charge in [-0.3, -0.25) is 4.90 Å². The number of hydrogen-bond donors (Lipinski definition) is 2. The lowest BCUT2D eigenvalue weighted by molar-refractivity contribution is 0.120. The van der Waals surface area contributed by atoms with Crippen LogP contribution >= 0.6 is 0 Å². The van der Waals surface area contributed by atoms with E-state index >= 15 is 0 Å². The van der Waals surface area contributed by atoms with Crippen LogP contribution in [0.3, 0.4) is 0 Å². The molecule has 0 unspecified atom stereocenters. The van der Waals surface area contributed by atoms with Gasteiger partial charge < -0.3 is 10.4 Å². The molecule has 0 bridgehead atoms. The zero-order valence-corrected chi connectivity index (χ0v) is 12.1. The normalized spacial score (nSPS) is 22.6. The largest absolute Gasteiger partial charge is 0.507 e. The van der Waals surface area contributed by atoms with Crippen LogP contribution in [0.25, 0.3) is 0 Å². The van der Waals surface area contributed by atoms with Gasteiger partial charge in [0.25, 0.3) is 0 Å². The molecule has 2 fully saturated rings. The van der Waals surface area contributed by atoms with Crippen LogP contribution in [0.15, 0.2) is 12.1 Å². The molecule has 3 rings (SSSR count). The van der Waals surface area contributed by atoms with Gasteiger partial charge in [-0.15, -0.1) is 0 Å². The summed E-state index contributed by atoms with van der Waals surface area (Å²) in [5.74, 6) is -1.25. The van der Waals surface area contributed by atoms with Crippen LogP contribution in [0.2, 0.25) is 0 Å². The molecule has 5 heteroatoms. The van der Waals surface area contributed by atoms with Gasteiger partial charge in [-0.1, -0.05) is 12.8 Å². The third kappa shape index (κ3) is 3.04. The predicted molar refractivity (Wildman–Crippen MR) is 77.2 cm³/mol. The Balaban J connectivity index is 1.97. The molecule has 0 aromatic heterocycles. The van der Waals surface area contributed by atoms with Crippen LogP contribution in [0.4, 0.5) is 8.78 Å². The van der Waals surface area contributed by atoms with E-state index < -0.39 is 11.6 Å². The fourth-order valence-electron chi connectivity index (χ4n) is 3.81. The molecule has 3 nitrogen and oxygen atoms in total. The predicted octanol–water partition coefficient (Wildman–Crippen LogP) is 2.81. The molecule has 21 heavy (non-hydrogen) atoms. The number of piperazine rings is 1. The van der Waals surface area contributed by atoms with Gasteiger partial charge in [0.2, 0.25) is 0 Å². The lowest BCUT2D eigenvalue weighted by Crippen LogP contribution is -2.47. The van der Waals surface area contributed by atoms with Crippen LogP contribution in [-0.4, -0.2) is 36.2 Å². The Kier molecular flexibility index (Phi) is 4.40. The molecule has 1 saturated heterocycles. The standard InChI is InChI=1S/C16H22F2N2O/c17-12-9-13(18)15(14(21)10-12)16(11-3-1-2-4-11)20-7-5-19-6-8-20/h9-11,16,19,21H,1-8H2/t16-/m0/s1. The molecule has 1 aromatic carbocycles. The van der Waals surface area contributed by atoms with Crippen molar-refractivity contribution >= 4 is 0 Å². The molecule has 1 aromatic rings. The van der Waals surface area contributed by atoms with E-state index in [9.17, 15) is 13.9 Å². The van der Waals surface area contributed by atoms with Gasteiger partial charge in [0, 0.05) is 49.9 Å². The number of nitrogens with one attached hydrogen (secondary N) is 1. The summed E-state index contributed by atoms with van der Waals surface area (Å²) in [6, 6.07) is 1.78. The van der Waals surface area contributed by atoms with E-state index in [1.165, 1.54) is 0 Å². The average Bonchev–Trinajstić information content (AvgIpc) is 2.97. The molecule has 0 amide bonds. The summed E-state index contributed by atoms with van der Waals surface area (Å²) >= 11 is 0. The van der Waals surface area contributed by atoms with Crippen molar-refractivity contribution in [2.75, 3.05) is 26.2 Å². The van der Waals surface area contributed by atoms with Crippen LogP contribution in [-0.2, 0) is 0 Å². The Bertz CT molecular complexity index is 474. The van der Waals surface area contributed by atoms with E-state index in [2.05, 4.69) is 10.2 Å². The Morgan fingerprint density at radius 3 is 2.43 bits per heavy atom. The third-order valence-electron chi connectivity index (χ3n) is 4.76. The summed E-state index contributed by atoms with van der Waals surface area (Å²) in [4.78, 5) is 2.24. The van der Waals surface area contributed by atoms with Crippen LogP contribution in [0.1, 0.15) is 37.3 Å². The second-order valence-electron chi connectivity index (χ2n) is 6.10. The number of phenols is 1. The molecular formula is C16H22F2N2O. The van der Waals surface area contributed by atoms with Crippen molar-refractivity contribution in [3.63, 3.8) is 0 Å². The van der Waals surface area contributed by atoms with Gasteiger partial charge in [0.05, 0.1) is 0 Å². The van der Waals surface area contributed by atoms with Gasteiger partial charge in [0.1, 0.15) is 17.4 Å². The molecule has 1 aliphatic heterocycles. The maximum atomic E-state index is 14.3. The molecule has 116 valence electrons. The Hall–Kier alpha value is -1.20. The maximum Gasteiger partial charge on any atom is 0.134 e. The van der Waals surface area contributed by atoms with Gasteiger partial charge >= 0.3 is 0 Å². The Morgan fingerprint density at radius 2 is 1.81 bits per heavy atom. The van der Waals surface area contributed by atoms with Crippen molar-refractivity contribution in [2.45, 2.75) is 31.7 Å². The molecule has 1 saturated carbocycles. The van der Waals surface area contributed by atoms with E-state index in [0.717, 1.165) is 64.0 Å². The summed E-state index contributed by atoms with van der Waals surface area (Å²) in [6.07, 6.45) is 4.39. The van der Waals surface area contributed by atoms with E-state index in [4.69, 9.17) is 0 Å². The summed E-state index contributed by atoms with van der Waals surface area (Å²) < 4.78 is 27.6. The summed E-state index contributed by atoms with van der Waals surface area (Å²) in [6.45, 7) is 3.40. The monoisotopic (exact) mass is 296 g/mol. The van der Waals surface area contributed by atoms with Crippen molar-refractivity contribution < 1.29 is 13.9 Å². The van der Waals surface area contributed by atoms with Gasteiger partial charge in [0.15, 0.2) is 0 Å². The number of halogens is 2. The van der Waals surface area contributed by atoms with Crippen molar-refractivity contribution in [3.05, 3.63) is 29.3 Å². The first-order valence-corrected chi connectivity index (χ1v) is 7.79. The van der Waals surface area contributed by atoms with E-state index in [0.29, 0.717) is 5.92 Å². The Morgan fingerprint density at radius 1 is 1.14 bits per heavy atom. The summed E-state index contributed by atoms with van der Waals surface area (Å²) in [5, 5.41) is 13.4. The van der Waals surface area contributed by atoms with E-state index in [-0.39, 0.29) is 17.4 Å². The van der Waals surface area contributed by atoms with E-state index in [1.807, 2.05) is 0 Å². The fraction of sp³-hybridized carbons (Fsp3) is 0.625. The number of rotatable bonds is 3. The fourth-order valence-corrected chi connectivity index (χ4v) is 3.81. The molecule has 2 N–H and O–H groups in total.